The van der Waals surface area contributed by atoms with Crippen molar-refractivity contribution in [3.63, 3.8) is 0 Å². The highest BCUT2D eigenvalue weighted by Crippen LogP contribution is 2.14. The molecule has 0 aromatic carbocycles. The second-order valence-corrected chi connectivity index (χ2v) is 4.99. The van der Waals surface area contributed by atoms with Gasteiger partial charge in [-0.25, -0.2) is 0 Å². The standard InChI is InChI=1S/C12H15BrN2O2/c13-10-6-9(7-14-8-10)12(16)15-4-3-11-2-1-5-17-11/h6-8,11H,1-5H2,(H,15,16)/t11-/m0/s1. The number of rotatable bonds is 4. The molecule has 0 aliphatic carbocycles. The van der Waals surface area contributed by atoms with E-state index in [4.69, 9.17) is 4.74 Å². The van der Waals surface area contributed by atoms with Crippen molar-refractivity contribution < 1.29 is 9.53 Å². The van der Waals surface area contributed by atoms with E-state index < -0.39 is 0 Å². The Kier molecular flexibility index (Phi) is 4.50. The Morgan fingerprint density at radius 3 is 3.18 bits per heavy atom. The van der Waals surface area contributed by atoms with E-state index in [9.17, 15) is 4.79 Å². The fourth-order valence-electron chi connectivity index (χ4n) is 1.86. The van der Waals surface area contributed by atoms with Crippen molar-refractivity contribution in [2.24, 2.45) is 0 Å². The van der Waals surface area contributed by atoms with Crippen LogP contribution in [0.3, 0.4) is 0 Å². The minimum atomic E-state index is -0.0863. The van der Waals surface area contributed by atoms with Crippen LogP contribution >= 0.6 is 15.9 Å². The molecule has 17 heavy (non-hydrogen) atoms. The highest BCUT2D eigenvalue weighted by molar-refractivity contribution is 9.10. The summed E-state index contributed by atoms with van der Waals surface area (Å²) in [6, 6.07) is 1.76. The maximum absolute atomic E-state index is 11.8. The number of hydrogen-bond donors (Lipinski definition) is 1. The molecule has 0 saturated carbocycles. The van der Waals surface area contributed by atoms with Gasteiger partial charge in [-0.15, -0.1) is 0 Å². The molecular formula is C12H15BrN2O2. The molecular weight excluding hydrogens is 284 g/mol. The molecule has 1 N–H and O–H groups in total. The largest absolute Gasteiger partial charge is 0.378 e. The molecule has 92 valence electrons. The molecule has 1 amide bonds. The summed E-state index contributed by atoms with van der Waals surface area (Å²) >= 11 is 3.29. The zero-order chi connectivity index (χ0) is 12.1. The first-order valence-corrected chi connectivity index (χ1v) is 6.55. The van der Waals surface area contributed by atoms with Gasteiger partial charge in [0.15, 0.2) is 0 Å². The molecule has 1 atom stereocenters. The first-order chi connectivity index (χ1) is 8.25. The lowest BCUT2D eigenvalue weighted by Gasteiger charge is -2.10. The Hall–Kier alpha value is -0.940. The van der Waals surface area contributed by atoms with Crippen LogP contribution in [0.1, 0.15) is 29.6 Å². The quantitative estimate of drug-likeness (QED) is 0.926. The summed E-state index contributed by atoms with van der Waals surface area (Å²) in [5, 5.41) is 2.87. The minimum Gasteiger partial charge on any atom is -0.378 e. The number of amides is 1. The number of carbonyl (C=O) groups is 1. The monoisotopic (exact) mass is 298 g/mol. The number of aromatic nitrogens is 1. The van der Waals surface area contributed by atoms with E-state index in [0.717, 1.165) is 30.3 Å². The van der Waals surface area contributed by atoms with Crippen molar-refractivity contribution in [3.8, 4) is 0 Å². The van der Waals surface area contributed by atoms with Crippen LogP contribution in [0.5, 0.6) is 0 Å². The Morgan fingerprint density at radius 1 is 1.59 bits per heavy atom. The fourth-order valence-corrected chi connectivity index (χ4v) is 2.22. The Morgan fingerprint density at radius 2 is 2.47 bits per heavy atom. The molecule has 4 nitrogen and oxygen atoms in total. The van der Waals surface area contributed by atoms with E-state index in [1.165, 1.54) is 0 Å². The van der Waals surface area contributed by atoms with Crippen LogP contribution in [0.15, 0.2) is 22.9 Å². The molecule has 0 spiro atoms. The highest BCUT2D eigenvalue weighted by Gasteiger charge is 2.15. The molecule has 0 radical (unpaired) electrons. The van der Waals surface area contributed by atoms with Gasteiger partial charge in [-0.2, -0.15) is 0 Å². The number of nitrogens with one attached hydrogen (secondary N) is 1. The first kappa shape index (κ1) is 12.5. The number of pyridine rings is 1. The Bertz CT molecular complexity index is 392. The van der Waals surface area contributed by atoms with Crippen LogP contribution in [0, 0.1) is 0 Å². The minimum absolute atomic E-state index is 0.0863. The van der Waals surface area contributed by atoms with Gasteiger partial charge in [-0.05, 0) is 41.3 Å². The van der Waals surface area contributed by atoms with Gasteiger partial charge in [0.1, 0.15) is 0 Å². The molecule has 2 heterocycles. The molecule has 1 aromatic rings. The lowest BCUT2D eigenvalue weighted by molar-refractivity contribution is 0.0907. The van der Waals surface area contributed by atoms with Gasteiger partial charge in [0.05, 0.1) is 11.7 Å². The molecule has 1 fully saturated rings. The molecule has 0 unspecified atom stereocenters. The van der Waals surface area contributed by atoms with E-state index in [1.54, 1.807) is 18.5 Å². The summed E-state index contributed by atoms with van der Waals surface area (Å²) < 4.78 is 6.30. The molecule has 5 heteroatoms. The maximum Gasteiger partial charge on any atom is 0.252 e. The summed E-state index contributed by atoms with van der Waals surface area (Å²) in [7, 11) is 0. The van der Waals surface area contributed by atoms with Crippen molar-refractivity contribution in [2.45, 2.75) is 25.4 Å². The number of nitrogens with zero attached hydrogens (tertiary/aromatic N) is 1. The third-order valence-corrected chi connectivity index (χ3v) is 3.18. The average Bonchev–Trinajstić information content (AvgIpc) is 2.82. The predicted molar refractivity (Wildman–Crippen MR) is 67.9 cm³/mol. The third-order valence-electron chi connectivity index (χ3n) is 2.74. The molecule has 1 saturated heterocycles. The second-order valence-electron chi connectivity index (χ2n) is 4.07. The van der Waals surface area contributed by atoms with Gasteiger partial charge in [0.25, 0.3) is 5.91 Å². The highest BCUT2D eigenvalue weighted by atomic mass is 79.9. The van der Waals surface area contributed by atoms with Gasteiger partial charge in [-0.3, -0.25) is 9.78 Å². The summed E-state index contributed by atoms with van der Waals surface area (Å²) in [6.45, 7) is 1.50. The van der Waals surface area contributed by atoms with Crippen LogP contribution in [0.2, 0.25) is 0 Å². The lowest BCUT2D eigenvalue weighted by Crippen LogP contribution is -2.27. The molecule has 0 bridgehead atoms. The number of halogens is 1. The summed E-state index contributed by atoms with van der Waals surface area (Å²) in [6.07, 6.45) is 6.65. The van der Waals surface area contributed by atoms with Gasteiger partial charge >= 0.3 is 0 Å². The van der Waals surface area contributed by atoms with Crippen LogP contribution in [-0.4, -0.2) is 30.1 Å². The summed E-state index contributed by atoms with van der Waals surface area (Å²) in [4.78, 5) is 15.7. The molecule has 1 aliphatic rings. The zero-order valence-corrected chi connectivity index (χ0v) is 11.1. The SMILES string of the molecule is O=C(NCC[C@@H]1CCCO1)c1cncc(Br)c1. The van der Waals surface area contributed by atoms with Crippen LogP contribution in [0.4, 0.5) is 0 Å². The van der Waals surface area contributed by atoms with Gasteiger partial charge in [-0.1, -0.05) is 0 Å². The lowest BCUT2D eigenvalue weighted by atomic mass is 10.2. The molecule has 1 aromatic heterocycles. The fraction of sp³-hybridized carbons (Fsp3) is 0.500. The van der Waals surface area contributed by atoms with E-state index in [-0.39, 0.29) is 5.91 Å². The summed E-state index contributed by atoms with van der Waals surface area (Å²) in [5.74, 6) is -0.0863. The Balaban J connectivity index is 1.77. The predicted octanol–water partition coefficient (Wildman–Crippen LogP) is 2.14. The van der Waals surface area contributed by atoms with E-state index >= 15 is 0 Å². The first-order valence-electron chi connectivity index (χ1n) is 5.76. The van der Waals surface area contributed by atoms with Crippen LogP contribution in [-0.2, 0) is 4.74 Å². The van der Waals surface area contributed by atoms with Crippen molar-refractivity contribution in [2.75, 3.05) is 13.2 Å². The molecule has 1 aliphatic heterocycles. The van der Waals surface area contributed by atoms with Gasteiger partial charge in [0, 0.05) is 30.0 Å². The summed E-state index contributed by atoms with van der Waals surface area (Å²) in [5.41, 5.74) is 0.576. The molecule has 2 rings (SSSR count). The number of ether oxygens (including phenoxy) is 1. The normalized spacial score (nSPS) is 19.2. The van der Waals surface area contributed by atoms with Gasteiger partial charge in [0.2, 0.25) is 0 Å². The van der Waals surface area contributed by atoms with Crippen LogP contribution < -0.4 is 5.32 Å². The smallest absolute Gasteiger partial charge is 0.252 e. The maximum atomic E-state index is 11.8. The van der Waals surface area contributed by atoms with E-state index in [0.29, 0.717) is 18.2 Å². The Labute approximate surface area is 109 Å². The second kappa shape index (κ2) is 6.12. The number of carbonyl (C=O) groups excluding carboxylic acids is 1. The van der Waals surface area contributed by atoms with Crippen LogP contribution in [0.25, 0.3) is 0 Å². The van der Waals surface area contributed by atoms with Crippen molar-refractivity contribution in [3.05, 3.63) is 28.5 Å². The zero-order valence-electron chi connectivity index (χ0n) is 9.49. The van der Waals surface area contributed by atoms with Crippen molar-refractivity contribution >= 4 is 21.8 Å². The topological polar surface area (TPSA) is 51.2 Å². The number of hydrogen-bond acceptors (Lipinski definition) is 3. The average molecular weight is 299 g/mol. The van der Waals surface area contributed by atoms with Gasteiger partial charge < -0.3 is 10.1 Å². The van der Waals surface area contributed by atoms with Crippen molar-refractivity contribution in [1.82, 2.24) is 10.3 Å². The van der Waals surface area contributed by atoms with Crippen molar-refractivity contribution in [1.29, 1.82) is 0 Å². The third kappa shape index (κ3) is 3.78. The van der Waals surface area contributed by atoms with E-state index in [2.05, 4.69) is 26.2 Å². The van der Waals surface area contributed by atoms with E-state index in [1.807, 2.05) is 0 Å².